The maximum Gasteiger partial charge on any atom is 0.231 e. The van der Waals surface area contributed by atoms with E-state index in [1.54, 1.807) is 4.90 Å². The van der Waals surface area contributed by atoms with E-state index >= 15 is 0 Å². The van der Waals surface area contributed by atoms with Crippen molar-refractivity contribution < 1.29 is 14.0 Å². The summed E-state index contributed by atoms with van der Waals surface area (Å²) >= 11 is 0. The molecule has 1 N–H and O–H groups in total. The van der Waals surface area contributed by atoms with Gasteiger partial charge in [0.25, 0.3) is 0 Å². The number of halogens is 1. The predicted octanol–water partition coefficient (Wildman–Crippen LogP) is 2.22. The highest BCUT2D eigenvalue weighted by atomic mass is 19.1. The van der Waals surface area contributed by atoms with E-state index < -0.39 is 5.67 Å². The molecule has 5 heteroatoms. The summed E-state index contributed by atoms with van der Waals surface area (Å²) < 4.78 is 13.3. The second-order valence-corrected chi connectivity index (χ2v) is 5.92. The van der Waals surface area contributed by atoms with Gasteiger partial charge >= 0.3 is 0 Å². The zero-order valence-electron chi connectivity index (χ0n) is 12.5. The van der Waals surface area contributed by atoms with Gasteiger partial charge in [0.2, 0.25) is 11.8 Å². The van der Waals surface area contributed by atoms with Crippen LogP contribution in [0.3, 0.4) is 0 Å². The molecule has 0 radical (unpaired) electrons. The molecule has 1 heterocycles. The average Bonchev–Trinajstić information content (AvgIpc) is 2.72. The van der Waals surface area contributed by atoms with Gasteiger partial charge in [-0.3, -0.25) is 9.59 Å². The molecule has 1 aliphatic rings. The largest absolute Gasteiger partial charge is 0.354 e. The molecule has 1 aromatic rings. The van der Waals surface area contributed by atoms with Crippen molar-refractivity contribution in [2.24, 2.45) is 0 Å². The smallest absolute Gasteiger partial charge is 0.231 e. The maximum atomic E-state index is 13.3. The highest BCUT2D eigenvalue weighted by molar-refractivity contribution is 6.01. The van der Waals surface area contributed by atoms with Gasteiger partial charge in [0, 0.05) is 25.2 Å². The van der Waals surface area contributed by atoms with Crippen molar-refractivity contribution in [2.45, 2.75) is 38.8 Å². The summed E-state index contributed by atoms with van der Waals surface area (Å²) in [6, 6.07) is 7.66. The number of benzene rings is 1. The first-order chi connectivity index (χ1) is 9.87. The molecular weight excluding hydrogens is 271 g/mol. The van der Waals surface area contributed by atoms with Crippen LogP contribution in [-0.4, -0.2) is 30.6 Å². The van der Waals surface area contributed by atoms with E-state index in [0.29, 0.717) is 19.5 Å². The summed E-state index contributed by atoms with van der Waals surface area (Å²) in [5, 5.41) is 2.73. The number of fused-ring (bicyclic) bond motifs is 1. The standard InChI is InChI=1S/C16H21FN2O2/c1-16(2,17)8-7-14(20)18-9-10-19-13-6-4-3-5-12(13)11-15(19)21/h3-6H,7-11H2,1-2H3,(H,18,20). The number of carbonyl (C=O) groups is 2. The molecule has 0 saturated carbocycles. The SMILES string of the molecule is CC(C)(F)CCC(=O)NCCN1C(=O)Cc2ccccc21. The molecule has 0 fully saturated rings. The minimum Gasteiger partial charge on any atom is -0.354 e. The van der Waals surface area contributed by atoms with Gasteiger partial charge in [0.15, 0.2) is 0 Å². The number of amides is 2. The molecule has 0 atom stereocenters. The minimum absolute atomic E-state index is 0.0512. The molecule has 4 nitrogen and oxygen atoms in total. The first-order valence-electron chi connectivity index (χ1n) is 7.21. The van der Waals surface area contributed by atoms with Crippen LogP contribution >= 0.6 is 0 Å². The molecule has 0 unspecified atom stereocenters. The van der Waals surface area contributed by atoms with Crippen molar-refractivity contribution in [2.75, 3.05) is 18.0 Å². The second kappa shape index (κ2) is 6.24. The summed E-state index contributed by atoms with van der Waals surface area (Å²) in [5.74, 6) is -0.129. The van der Waals surface area contributed by atoms with Crippen LogP contribution in [0.4, 0.5) is 10.1 Å². The molecule has 1 aliphatic heterocycles. The van der Waals surface area contributed by atoms with E-state index in [2.05, 4.69) is 5.32 Å². The van der Waals surface area contributed by atoms with Gasteiger partial charge in [-0.05, 0) is 31.9 Å². The Labute approximate surface area is 124 Å². The van der Waals surface area contributed by atoms with Gasteiger partial charge in [-0.1, -0.05) is 18.2 Å². The summed E-state index contributed by atoms with van der Waals surface area (Å²) in [4.78, 5) is 25.2. The fraction of sp³-hybridized carbons (Fsp3) is 0.500. The van der Waals surface area contributed by atoms with Crippen molar-refractivity contribution in [3.63, 3.8) is 0 Å². The van der Waals surface area contributed by atoms with Crippen LogP contribution in [0.5, 0.6) is 0 Å². The third-order valence-corrected chi connectivity index (χ3v) is 3.53. The van der Waals surface area contributed by atoms with Crippen molar-refractivity contribution in [1.82, 2.24) is 5.32 Å². The van der Waals surface area contributed by atoms with Gasteiger partial charge in [-0.15, -0.1) is 0 Å². The molecule has 2 amide bonds. The number of carbonyl (C=O) groups excluding carboxylic acids is 2. The van der Waals surface area contributed by atoms with Crippen LogP contribution in [0.15, 0.2) is 24.3 Å². The highest BCUT2D eigenvalue weighted by Crippen LogP contribution is 2.27. The summed E-state index contributed by atoms with van der Waals surface area (Å²) in [6.07, 6.45) is 0.776. The quantitative estimate of drug-likeness (QED) is 0.874. The van der Waals surface area contributed by atoms with Gasteiger partial charge < -0.3 is 10.2 Å². The van der Waals surface area contributed by atoms with E-state index in [9.17, 15) is 14.0 Å². The number of hydrogen-bond acceptors (Lipinski definition) is 2. The normalized spacial score (nSPS) is 14.2. The van der Waals surface area contributed by atoms with Crippen molar-refractivity contribution in [3.05, 3.63) is 29.8 Å². The lowest BCUT2D eigenvalue weighted by Gasteiger charge is -2.18. The average molecular weight is 292 g/mol. The monoisotopic (exact) mass is 292 g/mol. The lowest BCUT2D eigenvalue weighted by atomic mass is 10.1. The number of nitrogens with one attached hydrogen (secondary N) is 1. The zero-order valence-corrected chi connectivity index (χ0v) is 12.5. The Balaban J connectivity index is 1.79. The first kappa shape index (κ1) is 15.5. The van der Waals surface area contributed by atoms with Gasteiger partial charge in [0.05, 0.1) is 6.42 Å². The van der Waals surface area contributed by atoms with Crippen LogP contribution in [0.1, 0.15) is 32.3 Å². The maximum absolute atomic E-state index is 13.3. The Bertz CT molecular complexity index is 537. The van der Waals surface area contributed by atoms with E-state index in [-0.39, 0.29) is 24.7 Å². The molecule has 0 aliphatic carbocycles. The van der Waals surface area contributed by atoms with Crippen LogP contribution in [0.25, 0.3) is 0 Å². The van der Waals surface area contributed by atoms with Crippen LogP contribution < -0.4 is 10.2 Å². The van der Waals surface area contributed by atoms with Crippen molar-refractivity contribution >= 4 is 17.5 Å². The molecule has 0 aromatic heterocycles. The summed E-state index contributed by atoms with van der Waals surface area (Å²) in [5.41, 5.74) is 0.607. The Kier molecular flexibility index (Phi) is 4.60. The molecule has 21 heavy (non-hydrogen) atoms. The summed E-state index contributed by atoms with van der Waals surface area (Å²) in [6.45, 7) is 3.74. The van der Waals surface area contributed by atoms with E-state index in [4.69, 9.17) is 0 Å². The molecule has 2 rings (SSSR count). The number of rotatable bonds is 6. The number of alkyl halides is 1. The fourth-order valence-electron chi connectivity index (χ4n) is 2.37. The zero-order chi connectivity index (χ0) is 15.5. The minimum atomic E-state index is -1.33. The number of anilines is 1. The third kappa shape index (κ3) is 4.28. The van der Waals surface area contributed by atoms with Gasteiger partial charge in [-0.2, -0.15) is 0 Å². The number of para-hydroxylation sites is 1. The summed E-state index contributed by atoms with van der Waals surface area (Å²) in [7, 11) is 0. The first-order valence-corrected chi connectivity index (χ1v) is 7.21. The molecule has 0 bridgehead atoms. The Morgan fingerprint density at radius 2 is 2.10 bits per heavy atom. The second-order valence-electron chi connectivity index (χ2n) is 5.92. The molecule has 0 saturated heterocycles. The predicted molar refractivity (Wildman–Crippen MR) is 79.9 cm³/mol. The Morgan fingerprint density at radius 1 is 1.38 bits per heavy atom. The number of hydrogen-bond donors (Lipinski definition) is 1. The fourth-order valence-corrected chi connectivity index (χ4v) is 2.37. The van der Waals surface area contributed by atoms with Crippen LogP contribution in [0.2, 0.25) is 0 Å². The Hall–Kier alpha value is -1.91. The van der Waals surface area contributed by atoms with Gasteiger partial charge in [0.1, 0.15) is 5.67 Å². The molecule has 0 spiro atoms. The lowest BCUT2D eigenvalue weighted by Crippen LogP contribution is -2.37. The topological polar surface area (TPSA) is 49.4 Å². The van der Waals surface area contributed by atoms with Crippen LogP contribution in [0, 0.1) is 0 Å². The highest BCUT2D eigenvalue weighted by Gasteiger charge is 2.26. The van der Waals surface area contributed by atoms with E-state index in [1.807, 2.05) is 24.3 Å². The van der Waals surface area contributed by atoms with E-state index in [1.165, 1.54) is 13.8 Å². The van der Waals surface area contributed by atoms with Crippen LogP contribution in [-0.2, 0) is 16.0 Å². The van der Waals surface area contributed by atoms with Crippen molar-refractivity contribution in [3.8, 4) is 0 Å². The lowest BCUT2D eigenvalue weighted by molar-refractivity contribution is -0.122. The molecule has 1 aromatic carbocycles. The third-order valence-electron chi connectivity index (χ3n) is 3.53. The number of nitrogens with zero attached hydrogens (tertiary/aromatic N) is 1. The molecule has 114 valence electrons. The van der Waals surface area contributed by atoms with Crippen molar-refractivity contribution in [1.29, 1.82) is 0 Å². The Morgan fingerprint density at radius 3 is 2.81 bits per heavy atom. The molecular formula is C16H21FN2O2. The van der Waals surface area contributed by atoms with Gasteiger partial charge in [-0.25, -0.2) is 4.39 Å². The van der Waals surface area contributed by atoms with E-state index in [0.717, 1.165) is 11.3 Å².